The van der Waals surface area contributed by atoms with E-state index in [9.17, 15) is 18.4 Å². The van der Waals surface area contributed by atoms with Gasteiger partial charge in [0.15, 0.2) is 0 Å². The minimum Gasteiger partial charge on any atom is -0.444 e. The Balaban J connectivity index is 4.12. The monoisotopic (exact) mass is 276 g/mol. The molecule has 0 aromatic heterocycles. The topological polar surface area (TPSA) is 67.4 Å². The van der Waals surface area contributed by atoms with E-state index < -0.39 is 36.6 Å². The lowest BCUT2D eigenvalue weighted by Gasteiger charge is -2.21. The molecule has 0 atom stereocenters. The summed E-state index contributed by atoms with van der Waals surface area (Å²) in [7, 11) is 0. The van der Waals surface area contributed by atoms with Crippen LogP contribution in [0.25, 0.3) is 0 Å². The first-order chi connectivity index (χ1) is 8.56. The van der Waals surface area contributed by atoms with Crippen molar-refractivity contribution in [2.45, 2.75) is 39.2 Å². The fourth-order valence-corrected chi connectivity index (χ4v) is 0.945. The van der Waals surface area contributed by atoms with E-state index in [2.05, 4.69) is 11.8 Å². The zero-order chi connectivity index (χ0) is 15.1. The zero-order valence-electron chi connectivity index (χ0n) is 11.4. The van der Waals surface area contributed by atoms with Crippen LogP contribution in [0.4, 0.5) is 13.6 Å². The number of ether oxygens (including phenoxy) is 1. The van der Waals surface area contributed by atoms with Crippen molar-refractivity contribution in [2.75, 3.05) is 13.1 Å². The van der Waals surface area contributed by atoms with Crippen molar-refractivity contribution in [1.29, 1.82) is 0 Å². The standard InChI is InChI=1S/C12H18F2N2O3/c1-5-6-9(17)15-7-12(13,14)8-16-10(18)19-11(2,3)4/h7-8H2,1-4H3,(H,15,17)(H,16,18). The third kappa shape index (κ3) is 9.83. The Bertz CT molecular complexity index is 392. The van der Waals surface area contributed by atoms with E-state index in [1.807, 2.05) is 10.6 Å². The maximum absolute atomic E-state index is 13.3. The predicted octanol–water partition coefficient (Wildman–Crippen LogP) is 1.29. The molecule has 0 aliphatic heterocycles. The van der Waals surface area contributed by atoms with Crippen molar-refractivity contribution in [3.63, 3.8) is 0 Å². The van der Waals surface area contributed by atoms with Crippen molar-refractivity contribution >= 4 is 12.0 Å². The van der Waals surface area contributed by atoms with Gasteiger partial charge < -0.3 is 15.4 Å². The minimum atomic E-state index is -3.28. The summed E-state index contributed by atoms with van der Waals surface area (Å²) in [5.41, 5.74) is -0.760. The molecule has 0 aromatic carbocycles. The molecule has 0 aromatic rings. The van der Waals surface area contributed by atoms with Gasteiger partial charge in [-0.25, -0.2) is 13.6 Å². The largest absolute Gasteiger partial charge is 0.444 e. The molecule has 0 unspecified atom stereocenters. The normalized spacial score (nSPS) is 11.1. The minimum absolute atomic E-state index is 0.760. The first kappa shape index (κ1) is 17.2. The van der Waals surface area contributed by atoms with Gasteiger partial charge in [-0.3, -0.25) is 4.79 Å². The zero-order valence-corrected chi connectivity index (χ0v) is 11.4. The van der Waals surface area contributed by atoms with Crippen molar-refractivity contribution in [3.05, 3.63) is 0 Å². The molecular weight excluding hydrogens is 258 g/mol. The van der Waals surface area contributed by atoms with Gasteiger partial charge >= 0.3 is 6.09 Å². The van der Waals surface area contributed by atoms with Gasteiger partial charge in [0.2, 0.25) is 0 Å². The smallest absolute Gasteiger partial charge is 0.407 e. The van der Waals surface area contributed by atoms with Crippen LogP contribution < -0.4 is 10.6 Å². The summed E-state index contributed by atoms with van der Waals surface area (Å²) in [5.74, 6) is 0.284. The van der Waals surface area contributed by atoms with Gasteiger partial charge in [-0.2, -0.15) is 0 Å². The Labute approximate surface area is 111 Å². The van der Waals surface area contributed by atoms with Crippen LogP contribution >= 0.6 is 0 Å². The molecule has 0 aliphatic rings. The lowest BCUT2D eigenvalue weighted by molar-refractivity contribution is -0.117. The lowest BCUT2D eigenvalue weighted by atomic mass is 10.2. The number of hydrogen-bond acceptors (Lipinski definition) is 3. The number of alkyl carbamates (subject to hydrolysis) is 1. The number of rotatable bonds is 4. The first-order valence-corrected chi connectivity index (χ1v) is 5.61. The third-order valence-electron chi connectivity index (χ3n) is 1.64. The SMILES string of the molecule is CC#CC(=O)NCC(F)(F)CNC(=O)OC(C)(C)C. The van der Waals surface area contributed by atoms with Crippen LogP contribution in [0.15, 0.2) is 0 Å². The van der Waals surface area contributed by atoms with Gasteiger partial charge in [0.05, 0.1) is 13.1 Å². The maximum atomic E-state index is 13.3. The second-order valence-electron chi connectivity index (χ2n) is 4.77. The van der Waals surface area contributed by atoms with Crippen molar-refractivity contribution in [2.24, 2.45) is 0 Å². The summed E-state index contributed by atoms with van der Waals surface area (Å²) in [5, 5.41) is 3.88. The number of carbonyl (C=O) groups is 2. The van der Waals surface area contributed by atoms with Crippen LogP contribution in [0.2, 0.25) is 0 Å². The number of hydrogen-bond donors (Lipinski definition) is 2. The molecule has 2 amide bonds. The fourth-order valence-electron chi connectivity index (χ4n) is 0.945. The van der Waals surface area contributed by atoms with E-state index in [0.29, 0.717) is 0 Å². The van der Waals surface area contributed by atoms with Crippen LogP contribution in [0.5, 0.6) is 0 Å². The maximum Gasteiger partial charge on any atom is 0.407 e. The predicted molar refractivity (Wildman–Crippen MR) is 65.6 cm³/mol. The molecule has 0 saturated heterocycles. The molecule has 0 rings (SSSR count). The first-order valence-electron chi connectivity index (χ1n) is 5.61. The van der Waals surface area contributed by atoms with Gasteiger partial charge in [0.1, 0.15) is 5.60 Å². The van der Waals surface area contributed by atoms with Crippen LogP contribution in [0.3, 0.4) is 0 Å². The van der Waals surface area contributed by atoms with Crippen molar-refractivity contribution in [1.82, 2.24) is 10.6 Å². The molecule has 0 fully saturated rings. The van der Waals surface area contributed by atoms with Crippen LogP contribution in [-0.4, -0.2) is 36.6 Å². The van der Waals surface area contributed by atoms with Crippen LogP contribution in [0.1, 0.15) is 27.7 Å². The highest BCUT2D eigenvalue weighted by Crippen LogP contribution is 2.11. The average Bonchev–Trinajstić information content (AvgIpc) is 2.22. The van der Waals surface area contributed by atoms with E-state index in [1.54, 1.807) is 20.8 Å². The average molecular weight is 276 g/mol. The summed E-state index contributed by atoms with van der Waals surface area (Å²) in [6.07, 6.45) is -0.938. The third-order valence-corrected chi connectivity index (χ3v) is 1.64. The number of halogens is 2. The molecule has 0 aliphatic carbocycles. The number of carbonyl (C=O) groups excluding carboxylic acids is 2. The highest BCUT2D eigenvalue weighted by atomic mass is 19.3. The van der Waals surface area contributed by atoms with E-state index in [4.69, 9.17) is 4.74 Å². The van der Waals surface area contributed by atoms with Crippen LogP contribution in [-0.2, 0) is 9.53 Å². The Hall–Kier alpha value is -1.84. The van der Waals surface area contributed by atoms with Gasteiger partial charge in [-0.05, 0) is 33.6 Å². The Morgan fingerprint density at radius 2 is 1.68 bits per heavy atom. The molecule has 0 radical (unpaired) electrons. The van der Waals surface area contributed by atoms with Crippen molar-refractivity contribution < 1.29 is 23.1 Å². The number of alkyl halides is 2. The van der Waals surface area contributed by atoms with E-state index in [-0.39, 0.29) is 0 Å². The summed E-state index contributed by atoms with van der Waals surface area (Å²) in [6.45, 7) is 4.44. The van der Waals surface area contributed by atoms with Gasteiger partial charge in [-0.15, -0.1) is 0 Å². The molecule has 7 heteroatoms. The second kappa shape index (κ2) is 6.92. The van der Waals surface area contributed by atoms with E-state index in [1.165, 1.54) is 6.92 Å². The molecule has 0 bridgehead atoms. The van der Waals surface area contributed by atoms with Crippen molar-refractivity contribution in [3.8, 4) is 11.8 Å². The Morgan fingerprint density at radius 3 is 2.16 bits per heavy atom. The van der Waals surface area contributed by atoms with Crippen LogP contribution in [0, 0.1) is 11.8 Å². The summed E-state index contributed by atoms with van der Waals surface area (Å²) in [4.78, 5) is 22.1. The molecule has 0 heterocycles. The molecule has 2 N–H and O–H groups in total. The molecule has 0 saturated carbocycles. The quantitative estimate of drug-likeness (QED) is 0.760. The summed E-state index contributed by atoms with van der Waals surface area (Å²) >= 11 is 0. The van der Waals surface area contributed by atoms with Gasteiger partial charge in [0.25, 0.3) is 11.8 Å². The molecule has 0 spiro atoms. The number of amides is 2. The van der Waals surface area contributed by atoms with E-state index >= 15 is 0 Å². The highest BCUT2D eigenvalue weighted by molar-refractivity contribution is 5.93. The Morgan fingerprint density at radius 1 is 1.16 bits per heavy atom. The highest BCUT2D eigenvalue weighted by Gasteiger charge is 2.30. The summed E-state index contributed by atoms with van der Waals surface area (Å²) < 4.78 is 31.4. The molecule has 5 nitrogen and oxygen atoms in total. The van der Waals surface area contributed by atoms with Gasteiger partial charge in [0, 0.05) is 0 Å². The lowest BCUT2D eigenvalue weighted by Crippen LogP contribution is -2.45. The fraction of sp³-hybridized carbons (Fsp3) is 0.667. The van der Waals surface area contributed by atoms with Gasteiger partial charge in [-0.1, -0.05) is 5.92 Å². The second-order valence-corrected chi connectivity index (χ2v) is 4.77. The Kier molecular flexibility index (Phi) is 6.25. The number of nitrogens with one attached hydrogen (secondary N) is 2. The summed E-state index contributed by atoms with van der Waals surface area (Å²) in [6, 6.07) is 0. The molecule has 19 heavy (non-hydrogen) atoms. The van der Waals surface area contributed by atoms with E-state index in [0.717, 1.165) is 0 Å². The molecule has 108 valence electrons. The molecular formula is C12H18F2N2O3.